The van der Waals surface area contributed by atoms with Gasteiger partial charge >= 0.3 is 0 Å². The molecule has 1 aliphatic carbocycles. The molecule has 1 rings (SSSR count). The predicted molar refractivity (Wildman–Crippen MR) is 93.3 cm³/mol. The molecule has 0 aliphatic heterocycles. The van der Waals surface area contributed by atoms with Gasteiger partial charge in [0.15, 0.2) is 0 Å². The van der Waals surface area contributed by atoms with Crippen molar-refractivity contribution in [3.63, 3.8) is 0 Å². The van der Waals surface area contributed by atoms with Crippen LogP contribution in [0.2, 0.25) is 0 Å². The molecule has 118 valence electrons. The zero-order valence-corrected chi connectivity index (χ0v) is 14.5. The Kier molecular flexibility index (Phi) is 7.17. The van der Waals surface area contributed by atoms with Crippen LogP contribution in [-0.2, 0) is 0 Å². The number of hydrogen-bond acceptors (Lipinski definition) is 1. The molecule has 1 heteroatoms. The van der Waals surface area contributed by atoms with E-state index >= 15 is 0 Å². The maximum absolute atomic E-state index is 8.84. The second-order valence-electron chi connectivity index (χ2n) is 6.98. The van der Waals surface area contributed by atoms with Crippen molar-refractivity contribution in [2.24, 2.45) is 5.41 Å². The van der Waals surface area contributed by atoms with E-state index in [0.29, 0.717) is 5.41 Å². The Morgan fingerprint density at radius 2 is 1.95 bits per heavy atom. The van der Waals surface area contributed by atoms with Crippen molar-refractivity contribution >= 4 is 0 Å². The van der Waals surface area contributed by atoms with Crippen molar-refractivity contribution in [2.75, 3.05) is 6.61 Å². The Morgan fingerprint density at radius 1 is 1.24 bits per heavy atom. The molecule has 0 radical (unpaired) electrons. The van der Waals surface area contributed by atoms with Gasteiger partial charge < -0.3 is 5.11 Å². The van der Waals surface area contributed by atoms with Gasteiger partial charge in [0.1, 0.15) is 0 Å². The molecule has 0 heterocycles. The lowest BCUT2D eigenvalue weighted by Crippen LogP contribution is -2.19. The molecule has 0 atom stereocenters. The number of allylic oxidation sites excluding steroid dienone is 7. The van der Waals surface area contributed by atoms with Crippen LogP contribution in [0.15, 0.2) is 46.6 Å². The van der Waals surface area contributed by atoms with Gasteiger partial charge in [-0.15, -0.1) is 0 Å². The molecule has 21 heavy (non-hydrogen) atoms. The van der Waals surface area contributed by atoms with Crippen LogP contribution in [0.5, 0.6) is 0 Å². The summed E-state index contributed by atoms with van der Waals surface area (Å²) in [6.07, 6.45) is 14.7. The summed E-state index contributed by atoms with van der Waals surface area (Å²) < 4.78 is 0. The highest BCUT2D eigenvalue weighted by Gasteiger charge is 2.26. The lowest BCUT2D eigenvalue weighted by Gasteiger charge is -2.32. The molecule has 1 nitrogen and oxygen atoms in total. The largest absolute Gasteiger partial charge is 0.392 e. The first-order valence-corrected chi connectivity index (χ1v) is 8.18. The molecule has 0 saturated heterocycles. The van der Waals surface area contributed by atoms with Crippen molar-refractivity contribution < 1.29 is 5.11 Å². The van der Waals surface area contributed by atoms with E-state index in [2.05, 4.69) is 52.8 Å². The van der Waals surface area contributed by atoms with Gasteiger partial charge in [-0.2, -0.15) is 0 Å². The van der Waals surface area contributed by atoms with Crippen LogP contribution in [-0.4, -0.2) is 11.7 Å². The summed E-state index contributed by atoms with van der Waals surface area (Å²) >= 11 is 0. The summed E-state index contributed by atoms with van der Waals surface area (Å²) in [7, 11) is 0. The van der Waals surface area contributed by atoms with E-state index in [1.165, 1.54) is 36.0 Å². The second kappa shape index (κ2) is 8.38. The third-order valence-electron chi connectivity index (χ3n) is 4.50. The molecular formula is C20H32O. The van der Waals surface area contributed by atoms with Crippen LogP contribution in [0.1, 0.15) is 66.7 Å². The second-order valence-corrected chi connectivity index (χ2v) is 6.98. The topological polar surface area (TPSA) is 20.2 Å². The molecule has 1 aliphatic rings. The number of aliphatic hydroxyl groups is 1. The van der Waals surface area contributed by atoms with Gasteiger partial charge in [-0.3, -0.25) is 0 Å². The highest BCUT2D eigenvalue weighted by Crippen LogP contribution is 2.40. The lowest BCUT2D eigenvalue weighted by atomic mass is 9.72. The molecule has 0 fully saturated rings. The zero-order valence-electron chi connectivity index (χ0n) is 14.5. The predicted octanol–water partition coefficient (Wildman–Crippen LogP) is 5.73. The third-order valence-corrected chi connectivity index (χ3v) is 4.50. The molecule has 0 spiro atoms. The Bertz CT molecular complexity index is 458. The van der Waals surface area contributed by atoms with Crippen LogP contribution in [0.25, 0.3) is 0 Å². The van der Waals surface area contributed by atoms with Crippen molar-refractivity contribution in [1.82, 2.24) is 0 Å². The Morgan fingerprint density at radius 3 is 2.57 bits per heavy atom. The molecule has 0 amide bonds. The molecule has 1 N–H and O–H groups in total. The first kappa shape index (κ1) is 18.0. The minimum atomic E-state index is 0.150. The molecule has 0 saturated carbocycles. The third kappa shape index (κ3) is 6.05. The van der Waals surface area contributed by atoms with Crippen molar-refractivity contribution in [3.8, 4) is 0 Å². The van der Waals surface area contributed by atoms with Gasteiger partial charge in [-0.25, -0.2) is 0 Å². The van der Waals surface area contributed by atoms with Gasteiger partial charge in [0.05, 0.1) is 6.61 Å². The van der Waals surface area contributed by atoms with E-state index in [4.69, 9.17) is 5.11 Å². The standard InChI is InChI=1S/C20H32O/c1-16(8-6-9-17(2)13-15-21)11-12-19-18(3)10-7-14-20(19,4)5/h8,11-13,21H,6-7,9-10,14-15H2,1-5H3/b12-11+,16-8+,17-13+. The normalized spacial score (nSPS) is 20.5. The molecule has 0 aromatic carbocycles. The van der Waals surface area contributed by atoms with Gasteiger partial charge in [0, 0.05) is 0 Å². The van der Waals surface area contributed by atoms with Crippen molar-refractivity contribution in [2.45, 2.75) is 66.7 Å². The number of hydrogen-bond donors (Lipinski definition) is 1. The Hall–Kier alpha value is -1.08. The minimum Gasteiger partial charge on any atom is -0.392 e. The van der Waals surface area contributed by atoms with E-state index < -0.39 is 0 Å². The fourth-order valence-electron chi connectivity index (χ4n) is 3.08. The van der Waals surface area contributed by atoms with Gasteiger partial charge in [0.2, 0.25) is 0 Å². The summed E-state index contributed by atoms with van der Waals surface area (Å²) in [5, 5.41) is 8.84. The fourth-order valence-corrected chi connectivity index (χ4v) is 3.08. The quantitative estimate of drug-likeness (QED) is 0.488. The maximum atomic E-state index is 8.84. The maximum Gasteiger partial charge on any atom is 0.0614 e. The van der Waals surface area contributed by atoms with Crippen LogP contribution in [0.3, 0.4) is 0 Å². The molecule has 0 aromatic rings. The minimum absolute atomic E-state index is 0.150. The first-order valence-electron chi connectivity index (χ1n) is 8.18. The lowest BCUT2D eigenvalue weighted by molar-refractivity contribution is 0.341. The smallest absolute Gasteiger partial charge is 0.0614 e. The molecule has 0 aromatic heterocycles. The van der Waals surface area contributed by atoms with E-state index in [1.807, 2.05) is 6.08 Å². The SMILES string of the molecule is CC1=C(/C=C/C(C)=C/CC/C(C)=C/CO)C(C)(C)CCC1. The number of aliphatic hydroxyl groups excluding tert-OH is 1. The molecular weight excluding hydrogens is 256 g/mol. The van der Waals surface area contributed by atoms with Gasteiger partial charge in [-0.05, 0) is 63.9 Å². The average Bonchev–Trinajstić information content (AvgIpc) is 2.37. The van der Waals surface area contributed by atoms with Gasteiger partial charge in [-0.1, -0.05) is 54.9 Å². The summed E-state index contributed by atoms with van der Waals surface area (Å²) in [6.45, 7) is 11.4. The average molecular weight is 288 g/mol. The van der Waals surface area contributed by atoms with E-state index in [9.17, 15) is 0 Å². The zero-order chi connectivity index (χ0) is 15.9. The number of rotatable bonds is 6. The van der Waals surface area contributed by atoms with Crippen LogP contribution in [0.4, 0.5) is 0 Å². The van der Waals surface area contributed by atoms with Crippen molar-refractivity contribution in [3.05, 3.63) is 46.6 Å². The van der Waals surface area contributed by atoms with E-state index in [0.717, 1.165) is 12.8 Å². The fraction of sp³-hybridized carbons (Fsp3) is 0.600. The molecule has 0 unspecified atom stereocenters. The van der Waals surface area contributed by atoms with Crippen LogP contribution >= 0.6 is 0 Å². The molecule has 0 bridgehead atoms. The first-order chi connectivity index (χ1) is 9.86. The van der Waals surface area contributed by atoms with E-state index in [1.54, 1.807) is 5.57 Å². The summed E-state index contributed by atoms with van der Waals surface area (Å²) in [6, 6.07) is 0. The Labute approximate surface area is 131 Å². The Balaban J connectivity index is 2.65. The summed E-state index contributed by atoms with van der Waals surface area (Å²) in [5.74, 6) is 0. The summed E-state index contributed by atoms with van der Waals surface area (Å²) in [5.41, 5.74) is 5.99. The van der Waals surface area contributed by atoms with Crippen LogP contribution in [0, 0.1) is 5.41 Å². The van der Waals surface area contributed by atoms with E-state index in [-0.39, 0.29) is 6.61 Å². The highest BCUT2D eigenvalue weighted by molar-refractivity contribution is 5.35. The summed E-state index contributed by atoms with van der Waals surface area (Å²) in [4.78, 5) is 0. The monoisotopic (exact) mass is 288 g/mol. The highest BCUT2D eigenvalue weighted by atomic mass is 16.2. The van der Waals surface area contributed by atoms with Crippen molar-refractivity contribution in [1.29, 1.82) is 0 Å². The van der Waals surface area contributed by atoms with Crippen LogP contribution < -0.4 is 0 Å². The van der Waals surface area contributed by atoms with Gasteiger partial charge in [0.25, 0.3) is 0 Å².